The van der Waals surface area contributed by atoms with Crippen LogP contribution in [0.3, 0.4) is 0 Å². The Bertz CT molecular complexity index is 893. The predicted molar refractivity (Wildman–Crippen MR) is 108 cm³/mol. The predicted octanol–water partition coefficient (Wildman–Crippen LogP) is 3.07. The van der Waals surface area contributed by atoms with E-state index in [-0.39, 0.29) is 31.2 Å². The van der Waals surface area contributed by atoms with E-state index in [4.69, 9.17) is 9.47 Å². The van der Waals surface area contributed by atoms with E-state index < -0.39 is 11.6 Å². The number of carbonyl (C=O) groups excluding carboxylic acids is 1. The Balaban J connectivity index is 1.43. The zero-order chi connectivity index (χ0) is 20.9. The van der Waals surface area contributed by atoms with E-state index in [0.29, 0.717) is 25.3 Å². The second-order valence-electron chi connectivity index (χ2n) is 7.84. The number of hydrogen-bond acceptors (Lipinski definition) is 4. The number of halogens is 2. The lowest BCUT2D eigenvalue weighted by Gasteiger charge is -2.20. The molecule has 0 spiro atoms. The fourth-order valence-corrected chi connectivity index (χ4v) is 4.10. The number of aryl methyl sites for hydroxylation is 1. The van der Waals surface area contributed by atoms with Gasteiger partial charge in [0, 0.05) is 31.8 Å². The number of amides is 1. The molecule has 4 rings (SSSR count). The van der Waals surface area contributed by atoms with Gasteiger partial charge in [0.05, 0.1) is 12.1 Å². The molecule has 0 aliphatic carbocycles. The molecule has 2 heterocycles. The van der Waals surface area contributed by atoms with Crippen LogP contribution >= 0.6 is 0 Å². The molecular formula is C23H26F2N2O3. The molecule has 30 heavy (non-hydrogen) atoms. The third-order valence-corrected chi connectivity index (χ3v) is 5.62. The molecule has 2 aromatic rings. The van der Waals surface area contributed by atoms with E-state index in [0.717, 1.165) is 36.6 Å². The zero-order valence-electron chi connectivity index (χ0n) is 16.8. The van der Waals surface area contributed by atoms with Gasteiger partial charge in [-0.2, -0.15) is 0 Å². The molecule has 2 aliphatic heterocycles. The van der Waals surface area contributed by atoms with Crippen LogP contribution in [0.5, 0.6) is 5.75 Å². The number of fused-ring (bicyclic) bond motifs is 2. The molecule has 0 saturated carbocycles. The number of carbonyl (C=O) groups is 1. The van der Waals surface area contributed by atoms with Crippen molar-refractivity contribution >= 4 is 5.91 Å². The highest BCUT2D eigenvalue weighted by atomic mass is 19.2. The van der Waals surface area contributed by atoms with Gasteiger partial charge >= 0.3 is 0 Å². The number of likely N-dealkylation sites (tertiary alicyclic amines) is 1. The monoisotopic (exact) mass is 416 g/mol. The van der Waals surface area contributed by atoms with Crippen molar-refractivity contribution in [3.63, 3.8) is 0 Å². The van der Waals surface area contributed by atoms with Crippen LogP contribution in [0.1, 0.15) is 24.0 Å². The highest BCUT2D eigenvalue weighted by Crippen LogP contribution is 2.23. The maximum atomic E-state index is 14.1. The summed E-state index contributed by atoms with van der Waals surface area (Å²) in [6.07, 6.45) is 2.51. The van der Waals surface area contributed by atoms with E-state index in [1.54, 1.807) is 6.07 Å². The van der Waals surface area contributed by atoms with Crippen LogP contribution in [0.15, 0.2) is 42.5 Å². The highest BCUT2D eigenvalue weighted by molar-refractivity contribution is 5.78. The van der Waals surface area contributed by atoms with Crippen molar-refractivity contribution in [3.8, 4) is 5.75 Å². The number of nitrogens with one attached hydrogen (secondary N) is 1. The molecule has 2 aliphatic rings. The van der Waals surface area contributed by atoms with Crippen molar-refractivity contribution in [1.82, 2.24) is 10.2 Å². The summed E-state index contributed by atoms with van der Waals surface area (Å²) in [6, 6.07) is 11.7. The molecule has 7 heteroatoms. The summed E-state index contributed by atoms with van der Waals surface area (Å²) in [5, 5.41) is 2.99. The first-order valence-corrected chi connectivity index (χ1v) is 10.4. The van der Waals surface area contributed by atoms with Gasteiger partial charge in [0.25, 0.3) is 5.91 Å². The summed E-state index contributed by atoms with van der Waals surface area (Å²) in [5.74, 6) is -1.16. The summed E-state index contributed by atoms with van der Waals surface area (Å²) >= 11 is 0. The largest absolute Gasteiger partial charge is 0.483 e. The molecule has 0 unspecified atom stereocenters. The molecule has 1 amide bonds. The third-order valence-electron chi connectivity index (χ3n) is 5.62. The molecule has 1 saturated heterocycles. The fourth-order valence-electron chi connectivity index (χ4n) is 4.10. The number of rotatable bonds is 2. The molecule has 1 N–H and O–H groups in total. The molecule has 2 aromatic carbocycles. The number of benzene rings is 2. The van der Waals surface area contributed by atoms with Gasteiger partial charge in [-0.15, -0.1) is 0 Å². The van der Waals surface area contributed by atoms with Gasteiger partial charge in [-0.1, -0.05) is 30.3 Å². The molecule has 2 atom stereocenters. The van der Waals surface area contributed by atoms with Crippen LogP contribution < -0.4 is 10.1 Å². The Labute approximate surface area is 175 Å². The molecular weight excluding hydrogens is 390 g/mol. The fraction of sp³-hybridized carbons (Fsp3) is 0.435. The highest BCUT2D eigenvalue weighted by Gasteiger charge is 2.35. The van der Waals surface area contributed by atoms with Crippen molar-refractivity contribution in [2.75, 3.05) is 26.3 Å². The van der Waals surface area contributed by atoms with Crippen molar-refractivity contribution in [1.29, 1.82) is 0 Å². The molecule has 0 radical (unpaired) electrons. The number of hydrogen-bond donors (Lipinski definition) is 1. The number of nitrogens with zero attached hydrogens (tertiary/aromatic N) is 1. The Morgan fingerprint density at radius 3 is 2.83 bits per heavy atom. The van der Waals surface area contributed by atoms with Gasteiger partial charge in [0.2, 0.25) is 0 Å². The minimum Gasteiger partial charge on any atom is -0.483 e. The SMILES string of the molecule is O=C1COc2ccccc2CCCCO[C@H]2CN(Cc3cccc(F)c3F)C[C@@H]2N1. The van der Waals surface area contributed by atoms with Gasteiger partial charge in [0.1, 0.15) is 5.75 Å². The topological polar surface area (TPSA) is 50.8 Å². The molecule has 1 fully saturated rings. The molecule has 0 aromatic heterocycles. The van der Waals surface area contributed by atoms with Gasteiger partial charge in [-0.25, -0.2) is 8.78 Å². The first-order chi connectivity index (χ1) is 14.6. The zero-order valence-corrected chi connectivity index (χ0v) is 16.8. The Kier molecular flexibility index (Phi) is 6.59. The van der Waals surface area contributed by atoms with E-state index in [9.17, 15) is 13.6 Å². The third kappa shape index (κ3) is 4.96. The van der Waals surface area contributed by atoms with Crippen molar-refractivity contribution < 1.29 is 23.0 Å². The van der Waals surface area contributed by atoms with Crippen molar-refractivity contribution in [2.45, 2.75) is 38.0 Å². The van der Waals surface area contributed by atoms with Crippen LogP contribution in [0.25, 0.3) is 0 Å². The summed E-state index contributed by atoms with van der Waals surface area (Å²) in [5.41, 5.74) is 1.39. The van der Waals surface area contributed by atoms with Gasteiger partial charge in [-0.05, 0) is 37.0 Å². The maximum absolute atomic E-state index is 14.1. The van der Waals surface area contributed by atoms with Crippen molar-refractivity contribution in [2.24, 2.45) is 0 Å². The van der Waals surface area contributed by atoms with Crippen LogP contribution in [-0.2, 0) is 22.5 Å². The number of ether oxygens (including phenoxy) is 2. The Morgan fingerprint density at radius 1 is 1.07 bits per heavy atom. The molecule has 0 bridgehead atoms. The van der Waals surface area contributed by atoms with E-state index >= 15 is 0 Å². The first-order valence-electron chi connectivity index (χ1n) is 10.4. The number of para-hydroxylation sites is 1. The van der Waals surface area contributed by atoms with Gasteiger partial charge < -0.3 is 14.8 Å². The summed E-state index contributed by atoms with van der Waals surface area (Å²) in [4.78, 5) is 14.5. The molecule has 5 nitrogen and oxygen atoms in total. The smallest absolute Gasteiger partial charge is 0.258 e. The van der Waals surface area contributed by atoms with E-state index in [1.807, 2.05) is 29.2 Å². The average Bonchev–Trinajstić information content (AvgIpc) is 3.11. The second kappa shape index (κ2) is 9.53. The van der Waals surface area contributed by atoms with E-state index in [2.05, 4.69) is 5.32 Å². The van der Waals surface area contributed by atoms with Crippen LogP contribution in [0.2, 0.25) is 0 Å². The summed E-state index contributed by atoms with van der Waals surface area (Å²) < 4.78 is 39.4. The van der Waals surface area contributed by atoms with Crippen molar-refractivity contribution in [3.05, 3.63) is 65.2 Å². The van der Waals surface area contributed by atoms with Gasteiger partial charge in [-0.3, -0.25) is 9.69 Å². The summed E-state index contributed by atoms with van der Waals surface area (Å²) in [7, 11) is 0. The standard InChI is InChI=1S/C23H26F2N2O3/c24-18-9-5-8-17(23(18)25)12-27-13-19-21(14-27)29-11-4-3-7-16-6-1-2-10-20(16)30-15-22(28)26-19/h1-2,5-6,8-10,19,21H,3-4,7,11-15H2,(H,26,28)/t19-,21-/m0/s1. The maximum Gasteiger partial charge on any atom is 0.258 e. The van der Waals surface area contributed by atoms with E-state index in [1.165, 1.54) is 6.07 Å². The lowest BCUT2D eigenvalue weighted by atomic mass is 10.1. The van der Waals surface area contributed by atoms with Crippen LogP contribution in [0, 0.1) is 11.6 Å². The van der Waals surface area contributed by atoms with Gasteiger partial charge in [0.15, 0.2) is 18.2 Å². The minimum absolute atomic E-state index is 0.0707. The lowest BCUT2D eigenvalue weighted by molar-refractivity contribution is -0.124. The van der Waals surface area contributed by atoms with Crippen LogP contribution in [-0.4, -0.2) is 49.3 Å². The normalized spacial score (nSPS) is 23.2. The lowest BCUT2D eigenvalue weighted by Crippen LogP contribution is -2.45. The Hall–Kier alpha value is -2.51. The minimum atomic E-state index is -0.851. The van der Waals surface area contributed by atoms with Crippen LogP contribution in [0.4, 0.5) is 8.78 Å². The second-order valence-corrected chi connectivity index (χ2v) is 7.84. The first kappa shape index (κ1) is 20.8. The quantitative estimate of drug-likeness (QED) is 0.818. The molecule has 160 valence electrons. The average molecular weight is 416 g/mol. The summed E-state index contributed by atoms with van der Waals surface area (Å²) in [6.45, 7) is 1.83. The Morgan fingerprint density at radius 2 is 1.93 bits per heavy atom.